The summed E-state index contributed by atoms with van der Waals surface area (Å²) in [7, 11) is 0. The van der Waals surface area contributed by atoms with Crippen molar-refractivity contribution in [3.8, 4) is 0 Å². The first-order chi connectivity index (χ1) is 10.3. The number of rotatable bonds is 6. The minimum absolute atomic E-state index is 0.415. The summed E-state index contributed by atoms with van der Waals surface area (Å²) < 4.78 is 3.44. The molecule has 2 heterocycles. The molecule has 0 amide bonds. The molecule has 0 aliphatic carbocycles. The molecule has 0 fully saturated rings. The Bertz CT molecular complexity index is 719. The van der Waals surface area contributed by atoms with Crippen molar-refractivity contribution < 1.29 is 0 Å². The van der Waals surface area contributed by atoms with Gasteiger partial charge in [0.25, 0.3) is 0 Å². The molecule has 3 nitrogen and oxygen atoms in total. The Labute approximate surface area is 137 Å². The number of hydrogen-bond donors (Lipinski definition) is 1. The quantitative estimate of drug-likeness (QED) is 0.714. The Kier molecular flexibility index (Phi) is 4.73. The van der Waals surface area contributed by atoms with E-state index in [2.05, 4.69) is 68.1 Å². The highest BCUT2D eigenvalue weighted by Gasteiger charge is 2.12. The molecule has 110 valence electrons. The average Bonchev–Trinajstić information content (AvgIpc) is 3.06. The fourth-order valence-corrected chi connectivity index (χ4v) is 4.15. The molecule has 0 aliphatic rings. The van der Waals surface area contributed by atoms with Crippen LogP contribution < -0.4 is 5.32 Å². The van der Waals surface area contributed by atoms with Crippen LogP contribution in [-0.4, -0.2) is 22.1 Å². The van der Waals surface area contributed by atoms with Gasteiger partial charge in [0.2, 0.25) is 0 Å². The monoisotopic (exact) mass is 363 g/mol. The van der Waals surface area contributed by atoms with Gasteiger partial charge in [0, 0.05) is 17.5 Å². The minimum atomic E-state index is 0.415. The van der Waals surface area contributed by atoms with Crippen LogP contribution in [-0.2, 0) is 13.0 Å². The number of nitrogens with zero attached hydrogens (tertiary/aromatic N) is 2. The predicted molar refractivity (Wildman–Crippen MR) is 92.9 cm³/mol. The molecule has 0 aliphatic heterocycles. The molecule has 3 rings (SSSR count). The van der Waals surface area contributed by atoms with Gasteiger partial charge >= 0.3 is 0 Å². The van der Waals surface area contributed by atoms with Gasteiger partial charge in [-0.1, -0.05) is 19.1 Å². The van der Waals surface area contributed by atoms with Gasteiger partial charge in [0.1, 0.15) is 0 Å². The van der Waals surface area contributed by atoms with Crippen molar-refractivity contribution in [3.05, 3.63) is 51.4 Å². The summed E-state index contributed by atoms with van der Waals surface area (Å²) in [5.74, 6) is 0. The first-order valence-electron chi connectivity index (χ1n) is 7.13. The molecule has 3 aromatic rings. The van der Waals surface area contributed by atoms with E-state index in [-0.39, 0.29) is 0 Å². The third kappa shape index (κ3) is 3.54. The number of imidazole rings is 1. The van der Waals surface area contributed by atoms with Crippen molar-refractivity contribution in [2.75, 3.05) is 6.54 Å². The lowest BCUT2D eigenvalue weighted by Crippen LogP contribution is -2.34. The maximum absolute atomic E-state index is 4.47. The van der Waals surface area contributed by atoms with Crippen LogP contribution in [0.2, 0.25) is 0 Å². The van der Waals surface area contributed by atoms with Crippen molar-refractivity contribution in [2.24, 2.45) is 0 Å². The van der Waals surface area contributed by atoms with Crippen molar-refractivity contribution in [1.29, 1.82) is 0 Å². The molecule has 1 aromatic carbocycles. The van der Waals surface area contributed by atoms with Crippen molar-refractivity contribution in [2.45, 2.75) is 25.9 Å². The number of para-hydroxylation sites is 2. The molecule has 0 spiro atoms. The van der Waals surface area contributed by atoms with Crippen LogP contribution in [0.4, 0.5) is 0 Å². The lowest BCUT2D eigenvalue weighted by Gasteiger charge is -2.18. The Morgan fingerprint density at radius 1 is 1.29 bits per heavy atom. The van der Waals surface area contributed by atoms with Crippen LogP contribution >= 0.6 is 27.3 Å². The fraction of sp³-hybridized carbons (Fsp3) is 0.312. The number of fused-ring (bicyclic) bond motifs is 1. The number of nitrogens with one attached hydrogen (secondary N) is 1. The SMILES string of the molecule is CCNC(Cc1ccc(Br)s1)Cn1cnc2ccccc21. The van der Waals surface area contributed by atoms with E-state index in [1.54, 1.807) is 0 Å². The summed E-state index contributed by atoms with van der Waals surface area (Å²) in [6.45, 7) is 4.07. The second kappa shape index (κ2) is 6.73. The van der Waals surface area contributed by atoms with Crippen LogP contribution in [0.3, 0.4) is 0 Å². The van der Waals surface area contributed by atoms with E-state index >= 15 is 0 Å². The molecule has 5 heteroatoms. The van der Waals surface area contributed by atoms with E-state index in [1.807, 2.05) is 23.7 Å². The molecular weight excluding hydrogens is 346 g/mol. The molecule has 1 N–H and O–H groups in total. The van der Waals surface area contributed by atoms with Gasteiger partial charge in [0.05, 0.1) is 21.1 Å². The molecule has 21 heavy (non-hydrogen) atoms. The molecule has 0 bridgehead atoms. The highest BCUT2D eigenvalue weighted by Crippen LogP contribution is 2.23. The van der Waals surface area contributed by atoms with Gasteiger partial charge in [-0.3, -0.25) is 0 Å². The van der Waals surface area contributed by atoms with Crippen LogP contribution in [0.15, 0.2) is 46.5 Å². The summed E-state index contributed by atoms with van der Waals surface area (Å²) in [6, 6.07) is 13.0. The highest BCUT2D eigenvalue weighted by molar-refractivity contribution is 9.11. The lowest BCUT2D eigenvalue weighted by atomic mass is 10.1. The smallest absolute Gasteiger partial charge is 0.0958 e. The van der Waals surface area contributed by atoms with Crippen LogP contribution in [0, 0.1) is 0 Å². The predicted octanol–water partition coefficient (Wildman–Crippen LogP) is 4.08. The summed E-state index contributed by atoms with van der Waals surface area (Å²) in [5.41, 5.74) is 2.26. The minimum Gasteiger partial charge on any atom is -0.329 e. The van der Waals surface area contributed by atoms with Gasteiger partial charge in [-0.15, -0.1) is 11.3 Å². The van der Waals surface area contributed by atoms with E-state index in [1.165, 1.54) is 14.2 Å². The maximum atomic E-state index is 4.47. The third-order valence-corrected chi connectivity index (χ3v) is 5.16. The molecular formula is C16H18BrN3S. The molecule has 2 aromatic heterocycles. The topological polar surface area (TPSA) is 29.9 Å². The van der Waals surface area contributed by atoms with Gasteiger partial charge in [-0.25, -0.2) is 4.98 Å². The first kappa shape index (κ1) is 14.8. The number of halogens is 1. The number of benzene rings is 1. The summed E-state index contributed by atoms with van der Waals surface area (Å²) in [6.07, 6.45) is 2.98. The summed E-state index contributed by atoms with van der Waals surface area (Å²) in [5, 5.41) is 3.59. The number of hydrogen-bond acceptors (Lipinski definition) is 3. The second-order valence-electron chi connectivity index (χ2n) is 5.05. The van der Waals surface area contributed by atoms with Gasteiger partial charge in [-0.05, 0) is 53.2 Å². The van der Waals surface area contributed by atoms with Crippen LogP contribution in [0.5, 0.6) is 0 Å². The zero-order valence-electron chi connectivity index (χ0n) is 11.9. The zero-order valence-corrected chi connectivity index (χ0v) is 14.3. The lowest BCUT2D eigenvalue weighted by molar-refractivity contribution is 0.463. The van der Waals surface area contributed by atoms with E-state index in [0.717, 1.165) is 25.0 Å². The molecule has 0 saturated carbocycles. The van der Waals surface area contributed by atoms with E-state index in [4.69, 9.17) is 0 Å². The first-order valence-corrected chi connectivity index (χ1v) is 8.74. The van der Waals surface area contributed by atoms with Crippen molar-refractivity contribution >= 4 is 38.3 Å². The molecule has 0 saturated heterocycles. The fourth-order valence-electron chi connectivity index (χ4n) is 2.59. The Morgan fingerprint density at radius 3 is 2.90 bits per heavy atom. The van der Waals surface area contributed by atoms with Crippen LogP contribution in [0.25, 0.3) is 11.0 Å². The third-order valence-electron chi connectivity index (χ3n) is 3.51. The Morgan fingerprint density at radius 2 is 2.14 bits per heavy atom. The molecule has 1 atom stereocenters. The second-order valence-corrected chi connectivity index (χ2v) is 7.60. The van der Waals surface area contributed by atoms with Gasteiger partial charge in [0.15, 0.2) is 0 Å². The van der Waals surface area contributed by atoms with Gasteiger partial charge < -0.3 is 9.88 Å². The van der Waals surface area contributed by atoms with E-state index < -0.39 is 0 Å². The average molecular weight is 364 g/mol. The maximum Gasteiger partial charge on any atom is 0.0958 e. The van der Waals surface area contributed by atoms with Gasteiger partial charge in [-0.2, -0.15) is 0 Å². The number of likely N-dealkylation sites (N-methyl/N-ethyl adjacent to an activating group) is 1. The molecule has 1 unspecified atom stereocenters. The van der Waals surface area contributed by atoms with Crippen molar-refractivity contribution in [1.82, 2.24) is 14.9 Å². The van der Waals surface area contributed by atoms with E-state index in [9.17, 15) is 0 Å². The largest absolute Gasteiger partial charge is 0.329 e. The summed E-state index contributed by atoms with van der Waals surface area (Å²) >= 11 is 5.35. The zero-order chi connectivity index (χ0) is 14.7. The van der Waals surface area contributed by atoms with E-state index in [0.29, 0.717) is 6.04 Å². The number of aromatic nitrogens is 2. The molecule has 0 radical (unpaired) electrons. The standard InChI is InChI=1S/C16H18BrN3S/c1-2-18-12(9-13-7-8-16(17)21-13)10-20-11-19-14-5-3-4-6-15(14)20/h3-8,11-12,18H,2,9-10H2,1H3. The Balaban J connectivity index is 1.78. The highest BCUT2D eigenvalue weighted by atomic mass is 79.9. The van der Waals surface area contributed by atoms with Crippen LogP contribution in [0.1, 0.15) is 11.8 Å². The van der Waals surface area contributed by atoms with Crippen molar-refractivity contribution in [3.63, 3.8) is 0 Å². The Hall–Kier alpha value is -1.17. The number of thiophene rings is 1. The normalized spacial score (nSPS) is 12.9. The summed E-state index contributed by atoms with van der Waals surface area (Å²) in [4.78, 5) is 5.87.